The van der Waals surface area contributed by atoms with Crippen molar-refractivity contribution in [3.63, 3.8) is 0 Å². The van der Waals surface area contributed by atoms with Gasteiger partial charge in [-0.2, -0.15) is 0 Å². The van der Waals surface area contributed by atoms with Crippen molar-refractivity contribution < 1.29 is 4.79 Å². The zero-order valence-electron chi connectivity index (χ0n) is 13.4. The average molecular weight is 337 g/mol. The summed E-state index contributed by atoms with van der Waals surface area (Å²) in [7, 11) is 0. The van der Waals surface area contributed by atoms with Gasteiger partial charge in [-0.15, -0.1) is 11.3 Å². The molecule has 3 saturated heterocycles. The molecule has 3 aliphatic heterocycles. The van der Waals surface area contributed by atoms with Gasteiger partial charge in [0.25, 0.3) is 5.91 Å². The SMILES string of the molecule is O=C(N[C@H]1CN2CCC1CC2)c1cc2c(cn1)sc1ccccc12. The molecule has 1 N–H and O–H groups in total. The number of pyridine rings is 1. The van der Waals surface area contributed by atoms with Crippen molar-refractivity contribution in [3.05, 3.63) is 42.2 Å². The highest BCUT2D eigenvalue weighted by Gasteiger charge is 2.35. The molecule has 0 saturated carbocycles. The fourth-order valence-corrected chi connectivity index (χ4v) is 5.18. The van der Waals surface area contributed by atoms with E-state index in [-0.39, 0.29) is 11.9 Å². The van der Waals surface area contributed by atoms with Crippen LogP contribution in [0.25, 0.3) is 20.2 Å². The first kappa shape index (κ1) is 14.4. The van der Waals surface area contributed by atoms with Crippen LogP contribution < -0.4 is 5.32 Å². The van der Waals surface area contributed by atoms with E-state index in [9.17, 15) is 4.79 Å². The smallest absolute Gasteiger partial charge is 0.270 e. The number of rotatable bonds is 2. The number of carbonyl (C=O) groups excluding carboxylic acids is 1. The number of amides is 1. The number of hydrogen-bond donors (Lipinski definition) is 1. The maximum Gasteiger partial charge on any atom is 0.270 e. The topological polar surface area (TPSA) is 45.2 Å². The molecular formula is C19H19N3OS. The van der Waals surface area contributed by atoms with Crippen LogP contribution in [-0.4, -0.2) is 41.5 Å². The van der Waals surface area contributed by atoms with Gasteiger partial charge in [0.15, 0.2) is 0 Å². The lowest BCUT2D eigenvalue weighted by Gasteiger charge is -2.44. The molecule has 0 spiro atoms. The Labute approximate surface area is 144 Å². The highest BCUT2D eigenvalue weighted by atomic mass is 32.1. The zero-order chi connectivity index (χ0) is 16.1. The fourth-order valence-electron chi connectivity index (χ4n) is 4.13. The molecule has 0 radical (unpaired) electrons. The molecule has 122 valence electrons. The number of aromatic nitrogens is 1. The molecule has 24 heavy (non-hydrogen) atoms. The van der Waals surface area contributed by atoms with Gasteiger partial charge in [0.05, 0.1) is 4.70 Å². The third-order valence-corrected chi connectivity index (χ3v) is 6.59. The molecule has 3 aliphatic rings. The minimum atomic E-state index is -0.0362. The molecule has 1 aromatic carbocycles. The molecule has 1 atom stereocenters. The molecule has 0 unspecified atom stereocenters. The monoisotopic (exact) mass is 337 g/mol. The first-order chi connectivity index (χ1) is 11.8. The van der Waals surface area contributed by atoms with Gasteiger partial charge in [0.2, 0.25) is 0 Å². The van der Waals surface area contributed by atoms with E-state index in [0.717, 1.165) is 16.6 Å². The van der Waals surface area contributed by atoms with E-state index in [2.05, 4.69) is 27.3 Å². The summed E-state index contributed by atoms with van der Waals surface area (Å²) < 4.78 is 2.37. The second kappa shape index (κ2) is 5.53. The van der Waals surface area contributed by atoms with Gasteiger partial charge in [0, 0.05) is 34.3 Å². The molecule has 3 fully saturated rings. The number of piperidine rings is 3. The first-order valence-corrected chi connectivity index (χ1v) is 9.40. The van der Waals surface area contributed by atoms with Crippen LogP contribution in [0.1, 0.15) is 23.3 Å². The molecule has 6 rings (SSSR count). The predicted octanol–water partition coefficient (Wildman–Crippen LogP) is 3.27. The number of carbonyl (C=O) groups is 1. The Bertz CT molecular complexity index is 927. The van der Waals surface area contributed by atoms with E-state index in [1.54, 1.807) is 11.3 Å². The van der Waals surface area contributed by atoms with Crippen molar-refractivity contribution in [2.45, 2.75) is 18.9 Å². The van der Waals surface area contributed by atoms with Crippen LogP contribution in [0.3, 0.4) is 0 Å². The van der Waals surface area contributed by atoms with E-state index in [1.165, 1.54) is 36.0 Å². The van der Waals surface area contributed by atoms with Crippen LogP contribution in [0, 0.1) is 5.92 Å². The lowest BCUT2D eigenvalue weighted by molar-refractivity contribution is 0.0618. The van der Waals surface area contributed by atoms with E-state index in [4.69, 9.17) is 0 Å². The highest BCUT2D eigenvalue weighted by molar-refractivity contribution is 7.25. The standard InChI is InChI=1S/C19H19N3OS/c23-19(21-16-11-22-7-5-12(16)6-8-22)15-9-14-13-3-1-2-4-17(13)24-18(14)10-20-15/h1-4,9-10,12,16H,5-8,11H2,(H,21,23)/t16-/m0/s1. The Balaban J connectivity index is 1.45. The zero-order valence-corrected chi connectivity index (χ0v) is 14.2. The van der Waals surface area contributed by atoms with Crippen LogP contribution in [0.15, 0.2) is 36.5 Å². The first-order valence-electron chi connectivity index (χ1n) is 8.58. The minimum Gasteiger partial charge on any atom is -0.346 e. The fraction of sp³-hybridized carbons (Fsp3) is 0.368. The van der Waals surface area contributed by atoms with Gasteiger partial charge < -0.3 is 10.2 Å². The largest absolute Gasteiger partial charge is 0.346 e. The number of hydrogen-bond acceptors (Lipinski definition) is 4. The third-order valence-electron chi connectivity index (χ3n) is 5.47. The van der Waals surface area contributed by atoms with Crippen LogP contribution in [0.5, 0.6) is 0 Å². The van der Waals surface area contributed by atoms with E-state index in [1.807, 2.05) is 24.4 Å². The molecule has 1 amide bonds. The summed E-state index contributed by atoms with van der Waals surface area (Å²) in [5, 5.41) is 5.57. The van der Waals surface area contributed by atoms with Crippen LogP contribution in [-0.2, 0) is 0 Å². The summed E-state index contributed by atoms with van der Waals surface area (Å²) in [4.78, 5) is 19.6. The van der Waals surface area contributed by atoms with E-state index < -0.39 is 0 Å². The molecule has 3 aromatic rings. The van der Waals surface area contributed by atoms with Crippen molar-refractivity contribution in [1.29, 1.82) is 0 Å². The van der Waals surface area contributed by atoms with Crippen LogP contribution in [0.2, 0.25) is 0 Å². The van der Waals surface area contributed by atoms with E-state index in [0.29, 0.717) is 11.6 Å². The number of thiophene rings is 1. The number of nitrogens with one attached hydrogen (secondary N) is 1. The van der Waals surface area contributed by atoms with Crippen molar-refractivity contribution >= 4 is 37.4 Å². The van der Waals surface area contributed by atoms with Gasteiger partial charge in [-0.1, -0.05) is 18.2 Å². The van der Waals surface area contributed by atoms with Crippen LogP contribution in [0.4, 0.5) is 0 Å². The molecular weight excluding hydrogens is 318 g/mol. The molecule has 0 aliphatic carbocycles. The Morgan fingerprint density at radius 3 is 2.79 bits per heavy atom. The van der Waals surface area contributed by atoms with Gasteiger partial charge in [0.1, 0.15) is 5.69 Å². The summed E-state index contributed by atoms with van der Waals surface area (Å²) in [6, 6.07) is 10.5. The highest BCUT2D eigenvalue weighted by Crippen LogP contribution is 2.33. The maximum absolute atomic E-state index is 12.7. The summed E-state index contributed by atoms with van der Waals surface area (Å²) in [5.74, 6) is 0.593. The average Bonchev–Trinajstić information content (AvgIpc) is 3.00. The predicted molar refractivity (Wildman–Crippen MR) is 97.5 cm³/mol. The van der Waals surface area contributed by atoms with Crippen molar-refractivity contribution in [2.24, 2.45) is 5.92 Å². The van der Waals surface area contributed by atoms with Gasteiger partial charge in [-0.3, -0.25) is 4.79 Å². The molecule has 2 aromatic heterocycles. The quantitative estimate of drug-likeness (QED) is 0.780. The Morgan fingerprint density at radius 1 is 1.17 bits per heavy atom. The molecule has 5 heterocycles. The molecule has 4 nitrogen and oxygen atoms in total. The summed E-state index contributed by atoms with van der Waals surface area (Å²) in [5.41, 5.74) is 0.530. The molecule has 2 bridgehead atoms. The van der Waals surface area contributed by atoms with Crippen molar-refractivity contribution in [3.8, 4) is 0 Å². The Hall–Kier alpha value is -1.98. The second-order valence-electron chi connectivity index (χ2n) is 6.88. The number of nitrogens with zero attached hydrogens (tertiary/aromatic N) is 2. The van der Waals surface area contributed by atoms with Crippen molar-refractivity contribution in [1.82, 2.24) is 15.2 Å². The van der Waals surface area contributed by atoms with Crippen molar-refractivity contribution in [2.75, 3.05) is 19.6 Å². The lowest BCUT2D eigenvalue weighted by Crippen LogP contribution is -2.57. The number of benzene rings is 1. The second-order valence-corrected chi connectivity index (χ2v) is 7.97. The normalized spacial score (nSPS) is 26.1. The van der Waals surface area contributed by atoms with E-state index >= 15 is 0 Å². The minimum absolute atomic E-state index is 0.0362. The Kier molecular flexibility index (Phi) is 3.31. The summed E-state index contributed by atoms with van der Waals surface area (Å²) in [6.45, 7) is 3.35. The van der Waals surface area contributed by atoms with Gasteiger partial charge in [-0.25, -0.2) is 4.98 Å². The Morgan fingerprint density at radius 2 is 2.00 bits per heavy atom. The van der Waals surface area contributed by atoms with Gasteiger partial charge in [-0.05, 0) is 44.0 Å². The van der Waals surface area contributed by atoms with Crippen LogP contribution >= 0.6 is 11.3 Å². The number of fused-ring (bicyclic) bond motifs is 6. The summed E-state index contributed by atoms with van der Waals surface area (Å²) >= 11 is 1.73. The van der Waals surface area contributed by atoms with Gasteiger partial charge >= 0.3 is 0 Å². The third kappa shape index (κ3) is 2.31. The lowest BCUT2D eigenvalue weighted by atomic mass is 9.84. The molecule has 5 heteroatoms. The summed E-state index contributed by atoms with van der Waals surface area (Å²) in [6.07, 6.45) is 4.24. The maximum atomic E-state index is 12.7.